The van der Waals surface area contributed by atoms with Crippen molar-refractivity contribution in [3.8, 4) is 0 Å². The molecule has 0 N–H and O–H groups in total. The van der Waals surface area contributed by atoms with Crippen molar-refractivity contribution in [3.05, 3.63) is 58.2 Å². The van der Waals surface area contributed by atoms with Crippen LogP contribution in [0.1, 0.15) is 5.69 Å². The van der Waals surface area contributed by atoms with Gasteiger partial charge in [-0.05, 0) is 43.3 Å². The summed E-state index contributed by atoms with van der Waals surface area (Å²) in [6.45, 7) is 2.15. The van der Waals surface area contributed by atoms with Crippen LogP contribution in [0.25, 0.3) is 10.9 Å². The number of hydrogen-bond acceptors (Lipinski definition) is 3. The first kappa shape index (κ1) is 17.2. The van der Waals surface area contributed by atoms with E-state index in [1.807, 2.05) is 54.0 Å². The summed E-state index contributed by atoms with van der Waals surface area (Å²) in [6.07, 6.45) is 0. The summed E-state index contributed by atoms with van der Waals surface area (Å²) >= 11 is 13.7. The van der Waals surface area contributed by atoms with Gasteiger partial charge >= 0.3 is 5.97 Å². The first-order valence-electron chi connectivity index (χ1n) is 7.28. The number of aromatic nitrogens is 1. The second-order valence-electron chi connectivity index (χ2n) is 5.29. The van der Waals surface area contributed by atoms with E-state index in [9.17, 15) is 4.79 Å². The fourth-order valence-electron chi connectivity index (χ4n) is 2.56. The Balaban J connectivity index is 2.11. The van der Waals surface area contributed by atoms with Gasteiger partial charge in [-0.15, -0.1) is 0 Å². The van der Waals surface area contributed by atoms with E-state index in [4.69, 9.17) is 27.9 Å². The minimum Gasteiger partial charge on any atom is -0.468 e. The van der Waals surface area contributed by atoms with Crippen LogP contribution in [0.3, 0.4) is 0 Å². The third kappa shape index (κ3) is 3.41. The summed E-state index contributed by atoms with van der Waals surface area (Å²) < 4.78 is 6.75. The third-order valence-corrected chi connectivity index (χ3v) is 5.49. The van der Waals surface area contributed by atoms with Crippen LogP contribution in [0.5, 0.6) is 0 Å². The van der Waals surface area contributed by atoms with E-state index < -0.39 is 0 Å². The predicted octanol–water partition coefficient (Wildman–Crippen LogP) is 5.58. The Morgan fingerprint density at radius 3 is 2.46 bits per heavy atom. The molecule has 0 aliphatic carbocycles. The van der Waals surface area contributed by atoms with Crippen LogP contribution in [0.4, 0.5) is 0 Å². The molecule has 3 rings (SSSR count). The molecule has 6 heteroatoms. The normalized spacial score (nSPS) is 11.0. The van der Waals surface area contributed by atoms with E-state index in [0.717, 1.165) is 26.4 Å². The van der Waals surface area contributed by atoms with Crippen LogP contribution >= 0.6 is 35.0 Å². The highest BCUT2D eigenvalue weighted by atomic mass is 35.5. The first-order valence-corrected chi connectivity index (χ1v) is 8.85. The molecule has 0 saturated carbocycles. The van der Waals surface area contributed by atoms with Crippen molar-refractivity contribution in [2.24, 2.45) is 0 Å². The molecule has 1 heterocycles. The zero-order chi connectivity index (χ0) is 17.3. The van der Waals surface area contributed by atoms with Crippen LogP contribution in [0.15, 0.2) is 52.3 Å². The standard InChI is InChI=1S/C18H15Cl2NO2S/c1-11-18(24-14-6-3-12(19)4-7-14)15-8-5-13(20)9-16(15)21(11)10-17(22)23-2/h3-9H,10H2,1-2H3. The summed E-state index contributed by atoms with van der Waals surface area (Å²) in [7, 11) is 1.39. The first-order chi connectivity index (χ1) is 11.5. The van der Waals surface area contributed by atoms with Crippen molar-refractivity contribution in [2.45, 2.75) is 23.3 Å². The van der Waals surface area contributed by atoms with Crippen LogP contribution in [-0.4, -0.2) is 17.6 Å². The van der Waals surface area contributed by atoms with Gasteiger partial charge < -0.3 is 9.30 Å². The van der Waals surface area contributed by atoms with Gasteiger partial charge in [-0.3, -0.25) is 4.79 Å². The van der Waals surface area contributed by atoms with Gasteiger partial charge in [-0.25, -0.2) is 0 Å². The highest BCUT2D eigenvalue weighted by molar-refractivity contribution is 7.99. The van der Waals surface area contributed by atoms with E-state index >= 15 is 0 Å². The molecule has 0 amide bonds. The Hall–Kier alpha value is -1.62. The van der Waals surface area contributed by atoms with Crippen molar-refractivity contribution in [1.29, 1.82) is 0 Å². The predicted molar refractivity (Wildman–Crippen MR) is 99.3 cm³/mol. The van der Waals surface area contributed by atoms with Crippen molar-refractivity contribution < 1.29 is 9.53 Å². The lowest BCUT2D eigenvalue weighted by atomic mass is 10.2. The zero-order valence-electron chi connectivity index (χ0n) is 13.2. The van der Waals surface area contributed by atoms with Gasteiger partial charge in [0.2, 0.25) is 0 Å². The van der Waals surface area contributed by atoms with Crippen molar-refractivity contribution >= 4 is 51.8 Å². The zero-order valence-corrected chi connectivity index (χ0v) is 15.5. The Morgan fingerprint density at radius 1 is 1.12 bits per heavy atom. The number of fused-ring (bicyclic) bond motifs is 1. The number of carbonyl (C=O) groups excluding carboxylic acids is 1. The Labute approximate surface area is 154 Å². The molecule has 0 aliphatic heterocycles. The Kier molecular flexibility index (Phi) is 5.09. The number of ether oxygens (including phenoxy) is 1. The summed E-state index contributed by atoms with van der Waals surface area (Å²) in [5, 5.41) is 2.39. The molecule has 0 spiro atoms. The highest BCUT2D eigenvalue weighted by Crippen LogP contribution is 2.39. The number of hydrogen-bond donors (Lipinski definition) is 0. The van der Waals surface area contributed by atoms with E-state index in [2.05, 4.69) is 0 Å². The number of methoxy groups -OCH3 is 1. The number of benzene rings is 2. The van der Waals surface area contributed by atoms with Crippen molar-refractivity contribution in [2.75, 3.05) is 7.11 Å². The lowest BCUT2D eigenvalue weighted by molar-refractivity contribution is -0.141. The molecule has 24 heavy (non-hydrogen) atoms. The molecule has 0 bridgehead atoms. The molecule has 0 fully saturated rings. The third-order valence-electron chi connectivity index (χ3n) is 3.78. The molecule has 0 atom stereocenters. The summed E-state index contributed by atoms with van der Waals surface area (Å²) in [6, 6.07) is 13.4. The maximum atomic E-state index is 11.8. The molecule has 0 unspecified atom stereocenters. The van der Waals surface area contributed by atoms with Gasteiger partial charge in [-0.2, -0.15) is 0 Å². The summed E-state index contributed by atoms with van der Waals surface area (Å²) in [5.74, 6) is -0.294. The second-order valence-corrected chi connectivity index (χ2v) is 7.25. The molecule has 1 aromatic heterocycles. The van der Waals surface area contributed by atoms with E-state index in [1.165, 1.54) is 7.11 Å². The lowest BCUT2D eigenvalue weighted by Crippen LogP contribution is -2.12. The second kappa shape index (κ2) is 7.09. The molecular weight excluding hydrogens is 365 g/mol. The summed E-state index contributed by atoms with van der Waals surface area (Å²) in [5.41, 5.74) is 1.92. The number of esters is 1. The molecule has 3 nitrogen and oxygen atoms in total. The van der Waals surface area contributed by atoms with Crippen LogP contribution in [0, 0.1) is 6.92 Å². The van der Waals surface area contributed by atoms with Gasteiger partial charge in [-0.1, -0.05) is 41.0 Å². The van der Waals surface area contributed by atoms with E-state index in [1.54, 1.807) is 11.8 Å². The molecule has 3 aromatic rings. The SMILES string of the molecule is COC(=O)Cn1c(C)c(Sc2ccc(Cl)cc2)c2ccc(Cl)cc21. The van der Waals surface area contributed by atoms with Crippen LogP contribution < -0.4 is 0 Å². The van der Waals surface area contributed by atoms with Gasteiger partial charge in [0.05, 0.1) is 12.6 Å². The van der Waals surface area contributed by atoms with Crippen molar-refractivity contribution in [3.63, 3.8) is 0 Å². The average Bonchev–Trinajstić information content (AvgIpc) is 2.82. The Bertz CT molecular complexity index is 904. The number of rotatable bonds is 4. The average molecular weight is 380 g/mol. The monoisotopic (exact) mass is 379 g/mol. The van der Waals surface area contributed by atoms with Crippen molar-refractivity contribution in [1.82, 2.24) is 4.57 Å². The molecule has 0 radical (unpaired) electrons. The number of carbonyl (C=O) groups is 1. The Morgan fingerprint density at radius 2 is 1.79 bits per heavy atom. The molecular formula is C18H15Cl2NO2S. The van der Waals surface area contributed by atoms with Crippen LogP contribution in [0.2, 0.25) is 10.0 Å². The largest absolute Gasteiger partial charge is 0.468 e. The highest BCUT2D eigenvalue weighted by Gasteiger charge is 2.17. The smallest absolute Gasteiger partial charge is 0.325 e. The number of halogens is 2. The van der Waals surface area contributed by atoms with E-state index in [0.29, 0.717) is 10.0 Å². The fraction of sp³-hybridized carbons (Fsp3) is 0.167. The molecule has 0 aliphatic rings. The lowest BCUT2D eigenvalue weighted by Gasteiger charge is -2.07. The maximum Gasteiger partial charge on any atom is 0.325 e. The maximum absolute atomic E-state index is 11.8. The minimum absolute atomic E-state index is 0.153. The molecule has 0 saturated heterocycles. The summed E-state index contributed by atoms with van der Waals surface area (Å²) in [4.78, 5) is 13.9. The topological polar surface area (TPSA) is 31.2 Å². The van der Waals surface area contributed by atoms with Gasteiger partial charge in [0.25, 0.3) is 0 Å². The number of nitrogens with zero attached hydrogens (tertiary/aromatic N) is 1. The van der Waals surface area contributed by atoms with Crippen LogP contribution in [-0.2, 0) is 16.1 Å². The molecule has 124 valence electrons. The quantitative estimate of drug-likeness (QED) is 0.554. The molecule has 2 aromatic carbocycles. The van der Waals surface area contributed by atoms with Gasteiger partial charge in [0.1, 0.15) is 6.54 Å². The van der Waals surface area contributed by atoms with Gasteiger partial charge in [0, 0.05) is 30.9 Å². The van der Waals surface area contributed by atoms with Gasteiger partial charge in [0.15, 0.2) is 0 Å². The van der Waals surface area contributed by atoms with E-state index in [-0.39, 0.29) is 12.5 Å². The fourth-order valence-corrected chi connectivity index (χ4v) is 3.91. The minimum atomic E-state index is -0.294.